The van der Waals surface area contributed by atoms with E-state index in [2.05, 4.69) is 72.8 Å². The van der Waals surface area contributed by atoms with Crippen molar-refractivity contribution in [1.29, 1.82) is 0 Å². The van der Waals surface area contributed by atoms with Gasteiger partial charge in [-0.3, -0.25) is 18.7 Å². The third-order valence-electron chi connectivity index (χ3n) is 13.5. The van der Waals surface area contributed by atoms with Gasteiger partial charge in [-0.15, -0.1) is 0 Å². The second-order valence-corrected chi connectivity index (χ2v) is 19.2. The molecule has 0 radical (unpaired) electrons. The molecule has 4 aromatic carbocycles. The van der Waals surface area contributed by atoms with Crippen LogP contribution in [0.5, 0.6) is 0 Å². The molecule has 0 aliphatic heterocycles. The molecule has 10 rings (SSSR count). The maximum atomic E-state index is 15.1. The number of hydrogen-bond acceptors (Lipinski definition) is 6. The summed E-state index contributed by atoms with van der Waals surface area (Å²) in [7, 11) is 0. The molecule has 4 aliphatic carbocycles. The number of fused-ring (bicyclic) bond motifs is 8. The number of nitrogens with zero attached hydrogens (tertiary/aromatic N) is 4. The Morgan fingerprint density at radius 1 is 0.483 bits per heavy atom. The van der Waals surface area contributed by atoms with Crippen molar-refractivity contribution < 1.29 is 0 Å². The summed E-state index contributed by atoms with van der Waals surface area (Å²) in [6, 6.07) is 37.9. The van der Waals surface area contributed by atoms with E-state index in [9.17, 15) is 0 Å². The van der Waals surface area contributed by atoms with Crippen molar-refractivity contribution in [3.05, 3.63) is 163 Å². The molecule has 0 unspecified atom stereocenters. The molecule has 0 N–H and O–H groups in total. The molecule has 2 saturated carbocycles. The molecule has 0 saturated heterocycles. The summed E-state index contributed by atoms with van der Waals surface area (Å²) in [6.45, 7) is 0.967. The number of aromatic nitrogens is 4. The molecular formula is C50H50N4O2S2. The van der Waals surface area contributed by atoms with Gasteiger partial charge in [0.2, 0.25) is 0 Å². The van der Waals surface area contributed by atoms with E-state index in [1.165, 1.54) is 24.0 Å². The van der Waals surface area contributed by atoms with E-state index < -0.39 is 0 Å². The Labute approximate surface area is 349 Å². The fraction of sp³-hybridized carbons (Fsp3) is 0.360. The van der Waals surface area contributed by atoms with Crippen molar-refractivity contribution in [2.45, 2.75) is 111 Å². The summed E-state index contributed by atoms with van der Waals surface area (Å²) in [5.74, 6) is 1.41. The highest BCUT2D eigenvalue weighted by molar-refractivity contribution is 8.02. The first kappa shape index (κ1) is 37.6. The first-order chi connectivity index (χ1) is 28.5. The zero-order valence-electron chi connectivity index (χ0n) is 33.1. The molecular weight excluding hydrogens is 753 g/mol. The molecule has 0 bridgehead atoms. The van der Waals surface area contributed by atoms with Gasteiger partial charge in [0, 0.05) is 33.5 Å². The molecule has 4 aliphatic rings. The molecule has 2 aromatic heterocycles. The second kappa shape index (κ2) is 15.8. The van der Waals surface area contributed by atoms with Crippen LogP contribution in [0.1, 0.15) is 97.6 Å². The molecule has 2 spiro atoms. The minimum Gasteiger partial charge on any atom is -0.283 e. The first-order valence-corrected chi connectivity index (χ1v) is 23.3. The van der Waals surface area contributed by atoms with Crippen molar-refractivity contribution in [1.82, 2.24) is 19.1 Å². The zero-order chi connectivity index (χ0) is 39.1. The molecule has 2 fully saturated rings. The Morgan fingerprint density at radius 3 is 1.28 bits per heavy atom. The van der Waals surface area contributed by atoms with Crippen LogP contribution < -0.4 is 11.1 Å². The lowest BCUT2D eigenvalue weighted by molar-refractivity contribution is 0.282. The standard InChI is InChI=1S/C50H50N4O2S2/c55-45-41-43(39-23-11-9-21-37(39)31-49(41)25-13-3-14-26-49)51-47(53(45)33-35-17-5-1-6-18-35)57-29-30-58-48-52-44-40-24-12-10-22-38(40)32-50(27-15-4-16-28-50)42(44)46(56)54(48)34-36-19-7-2-8-20-36/h1-2,5-12,17-24H,3-4,13-16,25-34H2. The van der Waals surface area contributed by atoms with Crippen LogP contribution in [0.3, 0.4) is 0 Å². The van der Waals surface area contributed by atoms with Gasteiger partial charge in [-0.1, -0.05) is 171 Å². The van der Waals surface area contributed by atoms with Crippen LogP contribution in [-0.2, 0) is 36.8 Å². The minimum atomic E-state index is -0.168. The highest BCUT2D eigenvalue weighted by Gasteiger charge is 2.45. The molecule has 6 nitrogen and oxygen atoms in total. The molecule has 8 heteroatoms. The highest BCUT2D eigenvalue weighted by Crippen LogP contribution is 2.50. The second-order valence-electron chi connectivity index (χ2n) is 17.0. The Kier molecular flexibility index (Phi) is 10.3. The van der Waals surface area contributed by atoms with Crippen molar-refractivity contribution in [3.63, 3.8) is 0 Å². The highest BCUT2D eigenvalue weighted by atomic mass is 32.2. The summed E-state index contributed by atoms with van der Waals surface area (Å²) in [5.41, 5.74) is 10.5. The van der Waals surface area contributed by atoms with E-state index in [-0.39, 0.29) is 21.9 Å². The molecule has 58 heavy (non-hydrogen) atoms. The molecule has 6 aromatic rings. The average Bonchev–Trinajstić information content (AvgIpc) is 3.26. The predicted octanol–water partition coefficient (Wildman–Crippen LogP) is 10.6. The lowest BCUT2D eigenvalue weighted by Crippen LogP contribution is -2.43. The maximum Gasteiger partial charge on any atom is 0.258 e. The van der Waals surface area contributed by atoms with Crippen LogP contribution in [0.25, 0.3) is 22.5 Å². The molecule has 0 atom stereocenters. The SMILES string of the molecule is O=c1c2c(nc(SCCSc3nc4c(c(=O)n3Cc3ccccc3)C3(CCCCC3)Cc3ccccc3-4)n1Cc1ccccc1)-c1ccccc1CC21CCCCC1. The van der Waals surface area contributed by atoms with Gasteiger partial charge in [0.25, 0.3) is 11.1 Å². The number of benzene rings is 4. The maximum absolute atomic E-state index is 15.1. The Hall–Kier alpha value is -4.66. The van der Waals surface area contributed by atoms with Crippen LogP contribution >= 0.6 is 23.5 Å². The number of thioether (sulfide) groups is 2. The van der Waals surface area contributed by atoms with Crippen molar-refractivity contribution in [3.8, 4) is 22.5 Å². The number of hydrogen-bond donors (Lipinski definition) is 0. The fourth-order valence-corrected chi connectivity index (χ4v) is 12.7. The van der Waals surface area contributed by atoms with Crippen LogP contribution in [-0.4, -0.2) is 30.6 Å². The predicted molar refractivity (Wildman–Crippen MR) is 237 cm³/mol. The Balaban J connectivity index is 1.02. The van der Waals surface area contributed by atoms with Gasteiger partial charge in [-0.2, -0.15) is 0 Å². The van der Waals surface area contributed by atoms with Crippen molar-refractivity contribution >= 4 is 23.5 Å². The monoisotopic (exact) mass is 802 g/mol. The summed E-state index contributed by atoms with van der Waals surface area (Å²) in [6.07, 6.45) is 13.0. The van der Waals surface area contributed by atoms with E-state index >= 15 is 9.59 Å². The van der Waals surface area contributed by atoms with Gasteiger partial charge in [0.05, 0.1) is 35.6 Å². The van der Waals surface area contributed by atoms with Crippen LogP contribution in [0.4, 0.5) is 0 Å². The quantitative estimate of drug-likeness (QED) is 0.0824. The number of rotatable bonds is 9. The Morgan fingerprint density at radius 2 is 0.862 bits per heavy atom. The van der Waals surface area contributed by atoms with E-state index in [0.717, 1.165) is 119 Å². The topological polar surface area (TPSA) is 69.8 Å². The summed E-state index contributed by atoms with van der Waals surface area (Å²) in [5, 5.41) is 1.51. The van der Waals surface area contributed by atoms with Gasteiger partial charge >= 0.3 is 0 Å². The van der Waals surface area contributed by atoms with E-state index in [4.69, 9.17) is 9.97 Å². The van der Waals surface area contributed by atoms with Crippen LogP contribution in [0.2, 0.25) is 0 Å². The van der Waals surface area contributed by atoms with Crippen LogP contribution in [0, 0.1) is 0 Å². The summed E-state index contributed by atoms with van der Waals surface area (Å²) in [4.78, 5) is 41.0. The Bertz CT molecular complexity index is 2410. The van der Waals surface area contributed by atoms with E-state index in [1.54, 1.807) is 23.5 Å². The summed E-state index contributed by atoms with van der Waals surface area (Å²) < 4.78 is 3.91. The average molecular weight is 803 g/mol. The van der Waals surface area contributed by atoms with Gasteiger partial charge in [-0.05, 0) is 60.8 Å². The van der Waals surface area contributed by atoms with Crippen molar-refractivity contribution in [2.24, 2.45) is 0 Å². The van der Waals surface area contributed by atoms with Gasteiger partial charge < -0.3 is 0 Å². The molecule has 2 heterocycles. The zero-order valence-corrected chi connectivity index (χ0v) is 34.8. The summed E-state index contributed by atoms with van der Waals surface area (Å²) >= 11 is 3.29. The molecule has 0 amide bonds. The third-order valence-corrected chi connectivity index (χ3v) is 15.7. The lowest BCUT2D eigenvalue weighted by atomic mass is 9.62. The van der Waals surface area contributed by atoms with Gasteiger partial charge in [0.15, 0.2) is 10.3 Å². The smallest absolute Gasteiger partial charge is 0.258 e. The van der Waals surface area contributed by atoms with E-state index in [1.807, 2.05) is 45.5 Å². The largest absolute Gasteiger partial charge is 0.283 e. The van der Waals surface area contributed by atoms with Crippen molar-refractivity contribution in [2.75, 3.05) is 11.5 Å². The minimum absolute atomic E-state index is 0.115. The lowest BCUT2D eigenvalue weighted by Gasteiger charge is -2.42. The van der Waals surface area contributed by atoms with Crippen LogP contribution in [0.15, 0.2) is 129 Å². The third kappa shape index (κ3) is 6.80. The van der Waals surface area contributed by atoms with Gasteiger partial charge in [0.1, 0.15) is 0 Å². The fourth-order valence-electron chi connectivity index (χ4n) is 10.7. The first-order valence-electron chi connectivity index (χ1n) is 21.3. The van der Waals surface area contributed by atoms with Gasteiger partial charge in [-0.25, -0.2) is 9.97 Å². The molecule has 294 valence electrons. The van der Waals surface area contributed by atoms with E-state index in [0.29, 0.717) is 24.6 Å². The normalized spacial score (nSPS) is 17.3.